The molecule has 154 valence electrons. The number of pyridine rings is 1. The van der Waals surface area contributed by atoms with Crippen LogP contribution < -0.4 is 9.80 Å². The number of morpholine rings is 1. The number of nitrogens with one attached hydrogen (secondary N) is 1. The molecule has 0 saturated carbocycles. The minimum absolute atomic E-state index is 0.616. The summed E-state index contributed by atoms with van der Waals surface area (Å²) in [6.45, 7) is 5.50. The first kappa shape index (κ1) is 18.2. The van der Waals surface area contributed by atoms with E-state index in [0.29, 0.717) is 5.92 Å². The van der Waals surface area contributed by atoms with Crippen LogP contribution in [0, 0.1) is 0 Å². The fraction of sp³-hybridized carbons (Fsp3) is 0.391. The number of H-pyrrole nitrogens is 1. The number of thiazole rings is 1. The first-order valence-corrected chi connectivity index (χ1v) is 11.6. The first-order valence-electron chi connectivity index (χ1n) is 10.8. The Bertz CT molecular complexity index is 1170. The van der Waals surface area contributed by atoms with Crippen LogP contribution in [-0.4, -0.2) is 54.3 Å². The molecule has 1 aromatic carbocycles. The molecule has 0 atom stereocenters. The number of fused-ring (bicyclic) bond motifs is 2. The molecule has 0 spiro atoms. The summed E-state index contributed by atoms with van der Waals surface area (Å²) in [7, 11) is 0. The molecule has 0 aliphatic carbocycles. The molecule has 2 aliphatic heterocycles. The van der Waals surface area contributed by atoms with E-state index in [9.17, 15) is 0 Å². The zero-order valence-electron chi connectivity index (χ0n) is 16.9. The van der Waals surface area contributed by atoms with Gasteiger partial charge in [-0.2, -0.15) is 4.98 Å². The first-order chi connectivity index (χ1) is 14.8. The summed E-state index contributed by atoms with van der Waals surface area (Å²) in [5, 5.41) is 2.44. The van der Waals surface area contributed by atoms with Crippen LogP contribution in [0.25, 0.3) is 21.3 Å². The van der Waals surface area contributed by atoms with Crippen LogP contribution in [0.2, 0.25) is 0 Å². The highest BCUT2D eigenvalue weighted by molar-refractivity contribution is 7.22. The Labute approximate surface area is 179 Å². The van der Waals surface area contributed by atoms with Gasteiger partial charge < -0.3 is 19.5 Å². The van der Waals surface area contributed by atoms with Gasteiger partial charge in [0.1, 0.15) is 0 Å². The number of ether oxygens (including phenoxy) is 1. The van der Waals surface area contributed by atoms with E-state index in [2.05, 4.69) is 56.3 Å². The number of piperidine rings is 1. The summed E-state index contributed by atoms with van der Waals surface area (Å²) in [5.74, 6) is 0.616. The van der Waals surface area contributed by atoms with Crippen LogP contribution in [0.15, 0.2) is 42.7 Å². The summed E-state index contributed by atoms with van der Waals surface area (Å²) >= 11 is 1.75. The molecular formula is C23H25N5OS. The van der Waals surface area contributed by atoms with E-state index in [-0.39, 0.29) is 0 Å². The summed E-state index contributed by atoms with van der Waals surface area (Å²) in [6, 6.07) is 10.9. The van der Waals surface area contributed by atoms with Gasteiger partial charge in [0.05, 0.1) is 29.8 Å². The lowest BCUT2D eigenvalue weighted by Crippen LogP contribution is -2.36. The van der Waals surface area contributed by atoms with Crippen LogP contribution in [-0.2, 0) is 4.74 Å². The number of aromatic amines is 1. The summed E-state index contributed by atoms with van der Waals surface area (Å²) in [4.78, 5) is 17.7. The molecule has 1 N–H and O–H groups in total. The van der Waals surface area contributed by atoms with Crippen LogP contribution >= 0.6 is 11.3 Å². The van der Waals surface area contributed by atoms with Crippen molar-refractivity contribution < 1.29 is 4.74 Å². The predicted molar refractivity (Wildman–Crippen MR) is 123 cm³/mol. The number of hydrogen-bond acceptors (Lipinski definition) is 6. The van der Waals surface area contributed by atoms with Crippen molar-refractivity contribution >= 4 is 43.4 Å². The topological polar surface area (TPSA) is 57.3 Å². The lowest BCUT2D eigenvalue weighted by Gasteiger charge is -2.33. The number of anilines is 2. The smallest absolute Gasteiger partial charge is 0.188 e. The van der Waals surface area contributed by atoms with E-state index in [1.165, 1.54) is 39.7 Å². The second-order valence-corrected chi connectivity index (χ2v) is 9.17. The van der Waals surface area contributed by atoms with Crippen LogP contribution in [0.4, 0.5) is 10.8 Å². The molecule has 0 amide bonds. The zero-order valence-corrected chi connectivity index (χ0v) is 17.7. The Hall–Kier alpha value is -2.64. The van der Waals surface area contributed by atoms with E-state index in [0.717, 1.165) is 50.2 Å². The average Bonchev–Trinajstić information content (AvgIpc) is 3.44. The third-order valence-corrected chi connectivity index (χ3v) is 7.48. The molecule has 2 aliphatic rings. The van der Waals surface area contributed by atoms with Gasteiger partial charge in [0.25, 0.3) is 0 Å². The molecular weight excluding hydrogens is 394 g/mol. The zero-order chi connectivity index (χ0) is 19.9. The number of para-hydroxylation sites is 1. The van der Waals surface area contributed by atoms with Gasteiger partial charge in [0, 0.05) is 43.3 Å². The van der Waals surface area contributed by atoms with Gasteiger partial charge in [-0.25, -0.2) is 4.98 Å². The monoisotopic (exact) mass is 419 g/mol. The quantitative estimate of drug-likeness (QED) is 0.534. The normalized spacial score (nSPS) is 18.5. The molecule has 0 bridgehead atoms. The van der Waals surface area contributed by atoms with Crippen molar-refractivity contribution in [3.8, 4) is 0 Å². The molecule has 3 aromatic heterocycles. The maximum Gasteiger partial charge on any atom is 0.188 e. The highest BCUT2D eigenvalue weighted by Gasteiger charge is 2.24. The molecule has 7 heteroatoms. The minimum Gasteiger partial charge on any atom is -0.378 e. The number of aromatic nitrogens is 3. The Morgan fingerprint density at radius 3 is 2.73 bits per heavy atom. The molecule has 2 fully saturated rings. The maximum atomic E-state index is 5.46. The third-order valence-electron chi connectivity index (χ3n) is 6.42. The highest BCUT2D eigenvalue weighted by Crippen LogP contribution is 2.36. The second kappa shape index (κ2) is 7.56. The summed E-state index contributed by atoms with van der Waals surface area (Å²) < 4.78 is 6.64. The maximum absolute atomic E-state index is 5.46. The van der Waals surface area contributed by atoms with Gasteiger partial charge >= 0.3 is 0 Å². The van der Waals surface area contributed by atoms with Gasteiger partial charge in [0.15, 0.2) is 10.8 Å². The van der Waals surface area contributed by atoms with E-state index in [4.69, 9.17) is 9.72 Å². The lowest BCUT2D eigenvalue weighted by molar-refractivity contribution is 0.122. The van der Waals surface area contributed by atoms with Crippen molar-refractivity contribution in [3.05, 3.63) is 48.3 Å². The number of hydrogen-bond donors (Lipinski definition) is 1. The van der Waals surface area contributed by atoms with Crippen molar-refractivity contribution in [1.29, 1.82) is 0 Å². The SMILES string of the molecule is c1ccc2c(C3CCN(c4cnc5nc(N6CCOCC6)sc5c4)CC3)c[nH]c2c1. The van der Waals surface area contributed by atoms with E-state index in [1.54, 1.807) is 11.3 Å². The van der Waals surface area contributed by atoms with Crippen molar-refractivity contribution in [2.45, 2.75) is 18.8 Å². The van der Waals surface area contributed by atoms with Gasteiger partial charge in [-0.1, -0.05) is 29.5 Å². The molecule has 0 radical (unpaired) electrons. The average molecular weight is 420 g/mol. The van der Waals surface area contributed by atoms with Crippen LogP contribution in [0.3, 0.4) is 0 Å². The Kier molecular flexibility index (Phi) is 4.57. The second-order valence-electron chi connectivity index (χ2n) is 8.16. The lowest BCUT2D eigenvalue weighted by atomic mass is 9.89. The highest BCUT2D eigenvalue weighted by atomic mass is 32.1. The summed E-state index contributed by atoms with van der Waals surface area (Å²) in [6.07, 6.45) is 6.55. The van der Waals surface area contributed by atoms with Gasteiger partial charge in [0.2, 0.25) is 0 Å². The molecule has 0 unspecified atom stereocenters. The van der Waals surface area contributed by atoms with Gasteiger partial charge in [-0.15, -0.1) is 0 Å². The van der Waals surface area contributed by atoms with Crippen LogP contribution in [0.1, 0.15) is 24.3 Å². The molecule has 5 heterocycles. The number of benzene rings is 1. The largest absolute Gasteiger partial charge is 0.378 e. The summed E-state index contributed by atoms with van der Waals surface area (Å²) in [5.41, 5.74) is 4.79. The standard InChI is InChI=1S/C23H25N5OS/c1-2-4-20-18(3-1)19(15-24-20)16-5-7-27(8-6-16)17-13-21-22(25-14-17)26-23(30-21)28-9-11-29-12-10-28/h1-4,13-16,24H,5-12H2. The Morgan fingerprint density at radius 2 is 1.87 bits per heavy atom. The minimum atomic E-state index is 0.616. The van der Waals surface area contributed by atoms with Crippen molar-refractivity contribution in [2.75, 3.05) is 49.2 Å². The Balaban J connectivity index is 1.19. The molecule has 6 rings (SSSR count). The van der Waals surface area contributed by atoms with Crippen molar-refractivity contribution in [3.63, 3.8) is 0 Å². The van der Waals surface area contributed by atoms with E-state index >= 15 is 0 Å². The van der Waals surface area contributed by atoms with E-state index < -0.39 is 0 Å². The fourth-order valence-corrected chi connectivity index (χ4v) is 5.75. The molecule has 2 saturated heterocycles. The third kappa shape index (κ3) is 3.22. The Morgan fingerprint density at radius 1 is 1.03 bits per heavy atom. The number of nitrogens with zero attached hydrogens (tertiary/aromatic N) is 4. The van der Waals surface area contributed by atoms with E-state index in [1.807, 2.05) is 6.20 Å². The molecule has 30 heavy (non-hydrogen) atoms. The fourth-order valence-electron chi connectivity index (χ4n) is 4.74. The van der Waals surface area contributed by atoms with Gasteiger partial charge in [-0.3, -0.25) is 0 Å². The van der Waals surface area contributed by atoms with Gasteiger partial charge in [-0.05, 0) is 36.5 Å². The van der Waals surface area contributed by atoms with Crippen molar-refractivity contribution in [2.24, 2.45) is 0 Å². The molecule has 4 aromatic rings. The van der Waals surface area contributed by atoms with Crippen molar-refractivity contribution in [1.82, 2.24) is 15.0 Å². The predicted octanol–water partition coefficient (Wildman–Crippen LogP) is 4.39. The number of rotatable bonds is 3. The van der Waals surface area contributed by atoms with Crippen LogP contribution in [0.5, 0.6) is 0 Å². The molecule has 6 nitrogen and oxygen atoms in total.